The Morgan fingerprint density at radius 3 is 2.68 bits per heavy atom. The Kier molecular flexibility index (Phi) is 3.71. The average Bonchev–Trinajstić information content (AvgIpc) is 2.41. The largest absolute Gasteiger partial charge is 0.508 e. The molecular weight excluding hydrogens is 244 g/mol. The van der Waals surface area contributed by atoms with Crippen molar-refractivity contribution >= 4 is 5.78 Å². The van der Waals surface area contributed by atoms with E-state index < -0.39 is 0 Å². The van der Waals surface area contributed by atoms with Crippen LogP contribution in [0.5, 0.6) is 17.2 Å². The van der Waals surface area contributed by atoms with Crippen LogP contribution in [0.3, 0.4) is 0 Å². The molecule has 0 spiro atoms. The third kappa shape index (κ3) is 3.04. The Morgan fingerprint density at radius 2 is 1.95 bits per heavy atom. The minimum Gasteiger partial charge on any atom is -0.508 e. The maximum absolute atomic E-state index is 12.1. The second-order valence-electron chi connectivity index (χ2n) is 4.15. The zero-order valence-corrected chi connectivity index (χ0v) is 10.5. The van der Waals surface area contributed by atoms with Gasteiger partial charge in [-0.25, -0.2) is 0 Å². The number of Topliss-reactive ketones (excluding diaryl/α,β-unsaturated/α-hetero) is 1. The number of phenols is 2. The van der Waals surface area contributed by atoms with E-state index in [2.05, 4.69) is 0 Å². The molecule has 0 aliphatic heterocycles. The highest BCUT2D eigenvalue weighted by atomic mass is 16.5. The van der Waals surface area contributed by atoms with E-state index in [1.165, 1.54) is 18.2 Å². The molecule has 2 rings (SSSR count). The van der Waals surface area contributed by atoms with E-state index in [-0.39, 0.29) is 29.3 Å². The van der Waals surface area contributed by atoms with E-state index >= 15 is 0 Å². The number of ketones is 1. The lowest BCUT2D eigenvalue weighted by Crippen LogP contribution is -2.04. The maximum atomic E-state index is 12.1. The van der Waals surface area contributed by atoms with Crippen LogP contribution in [-0.4, -0.2) is 23.1 Å². The van der Waals surface area contributed by atoms with E-state index in [0.29, 0.717) is 5.75 Å². The molecule has 0 heterocycles. The molecule has 0 bridgehead atoms. The third-order valence-corrected chi connectivity index (χ3v) is 2.78. The van der Waals surface area contributed by atoms with Crippen molar-refractivity contribution in [3.8, 4) is 17.2 Å². The number of hydrogen-bond acceptors (Lipinski definition) is 4. The lowest BCUT2D eigenvalue weighted by molar-refractivity contribution is 0.0990. The number of methoxy groups -OCH3 is 1. The first-order valence-corrected chi connectivity index (χ1v) is 5.78. The van der Waals surface area contributed by atoms with Crippen molar-refractivity contribution in [2.24, 2.45) is 0 Å². The summed E-state index contributed by atoms with van der Waals surface area (Å²) in [6.45, 7) is 0. The van der Waals surface area contributed by atoms with Crippen molar-refractivity contribution < 1.29 is 19.7 Å². The zero-order chi connectivity index (χ0) is 13.8. The van der Waals surface area contributed by atoms with Crippen LogP contribution in [0.1, 0.15) is 15.9 Å². The van der Waals surface area contributed by atoms with Crippen molar-refractivity contribution in [3.63, 3.8) is 0 Å². The molecule has 0 saturated heterocycles. The quantitative estimate of drug-likeness (QED) is 0.653. The molecule has 2 aromatic carbocycles. The van der Waals surface area contributed by atoms with Crippen LogP contribution in [0.25, 0.3) is 0 Å². The van der Waals surface area contributed by atoms with Crippen molar-refractivity contribution in [2.75, 3.05) is 7.11 Å². The fraction of sp³-hybridized carbons (Fsp3) is 0.133. The number of rotatable bonds is 4. The van der Waals surface area contributed by atoms with Crippen molar-refractivity contribution in [3.05, 3.63) is 53.6 Å². The molecule has 4 nitrogen and oxygen atoms in total. The highest BCUT2D eigenvalue weighted by molar-refractivity contribution is 6.00. The summed E-state index contributed by atoms with van der Waals surface area (Å²) < 4.78 is 5.08. The van der Waals surface area contributed by atoms with Gasteiger partial charge in [-0.1, -0.05) is 12.1 Å². The summed E-state index contributed by atoms with van der Waals surface area (Å²) in [5, 5.41) is 19.0. The molecule has 98 valence electrons. The molecule has 4 heteroatoms. The molecule has 2 N–H and O–H groups in total. The van der Waals surface area contributed by atoms with Crippen LogP contribution in [0.2, 0.25) is 0 Å². The van der Waals surface area contributed by atoms with E-state index in [0.717, 1.165) is 5.56 Å². The standard InChI is InChI=1S/C15H14O4/c1-19-12-4-2-3-10(7-12)8-15(18)13-9-11(16)5-6-14(13)17/h2-7,9,16-17H,8H2,1H3. The van der Waals surface area contributed by atoms with Gasteiger partial charge < -0.3 is 14.9 Å². The second-order valence-corrected chi connectivity index (χ2v) is 4.15. The summed E-state index contributed by atoms with van der Waals surface area (Å²) >= 11 is 0. The summed E-state index contributed by atoms with van der Waals surface area (Å²) in [7, 11) is 1.56. The van der Waals surface area contributed by atoms with Crippen LogP contribution >= 0.6 is 0 Å². The number of hydrogen-bond donors (Lipinski definition) is 2. The van der Waals surface area contributed by atoms with Crippen LogP contribution < -0.4 is 4.74 Å². The number of phenolic OH excluding ortho intramolecular Hbond substituents is 2. The van der Waals surface area contributed by atoms with Crippen LogP contribution in [-0.2, 0) is 6.42 Å². The van der Waals surface area contributed by atoms with Crippen LogP contribution in [0.15, 0.2) is 42.5 Å². The molecular formula is C15H14O4. The number of benzene rings is 2. The van der Waals surface area contributed by atoms with Gasteiger partial charge in [-0.15, -0.1) is 0 Å². The van der Waals surface area contributed by atoms with E-state index in [4.69, 9.17) is 4.74 Å². The normalized spacial score (nSPS) is 10.2. The van der Waals surface area contributed by atoms with Gasteiger partial charge in [0.1, 0.15) is 17.2 Å². The molecule has 0 amide bonds. The van der Waals surface area contributed by atoms with E-state index in [1.807, 2.05) is 0 Å². The van der Waals surface area contributed by atoms with Gasteiger partial charge in [0.05, 0.1) is 12.7 Å². The SMILES string of the molecule is COc1cccc(CC(=O)c2cc(O)ccc2O)c1. The molecule has 19 heavy (non-hydrogen) atoms. The van der Waals surface area contributed by atoms with Gasteiger partial charge in [0.25, 0.3) is 0 Å². The Balaban J connectivity index is 2.23. The number of carbonyl (C=O) groups excluding carboxylic acids is 1. The van der Waals surface area contributed by atoms with E-state index in [9.17, 15) is 15.0 Å². The average molecular weight is 258 g/mol. The lowest BCUT2D eigenvalue weighted by Gasteiger charge is -2.06. The first-order chi connectivity index (χ1) is 9.10. The Morgan fingerprint density at radius 1 is 1.16 bits per heavy atom. The number of aromatic hydroxyl groups is 2. The Labute approximate surface area is 110 Å². The van der Waals surface area contributed by atoms with Gasteiger partial charge in [-0.2, -0.15) is 0 Å². The lowest BCUT2D eigenvalue weighted by atomic mass is 10.0. The predicted octanol–water partition coefficient (Wildman–Crippen LogP) is 2.53. The van der Waals surface area contributed by atoms with Crippen molar-refractivity contribution in [1.82, 2.24) is 0 Å². The fourth-order valence-corrected chi connectivity index (χ4v) is 1.81. The summed E-state index contributed by atoms with van der Waals surface area (Å²) in [6.07, 6.45) is 0.133. The minimum atomic E-state index is -0.262. The fourth-order valence-electron chi connectivity index (χ4n) is 1.81. The van der Waals surface area contributed by atoms with Gasteiger partial charge in [-0.05, 0) is 35.9 Å². The highest BCUT2D eigenvalue weighted by Gasteiger charge is 2.13. The van der Waals surface area contributed by atoms with Crippen LogP contribution in [0.4, 0.5) is 0 Å². The molecule has 0 aliphatic carbocycles. The molecule has 0 aliphatic rings. The van der Waals surface area contributed by atoms with Gasteiger partial charge in [0, 0.05) is 6.42 Å². The molecule has 0 atom stereocenters. The van der Waals surface area contributed by atoms with Gasteiger partial charge in [0.2, 0.25) is 0 Å². The van der Waals surface area contributed by atoms with Crippen LogP contribution in [0, 0.1) is 0 Å². The highest BCUT2D eigenvalue weighted by Crippen LogP contribution is 2.24. The minimum absolute atomic E-state index is 0.0493. The molecule has 0 unspecified atom stereocenters. The van der Waals surface area contributed by atoms with Crippen molar-refractivity contribution in [1.29, 1.82) is 0 Å². The molecule has 0 aromatic heterocycles. The summed E-state index contributed by atoms with van der Waals surface area (Å²) in [5.41, 5.74) is 0.898. The van der Waals surface area contributed by atoms with Gasteiger partial charge in [-0.3, -0.25) is 4.79 Å². The molecule has 0 fully saturated rings. The topological polar surface area (TPSA) is 66.8 Å². The summed E-state index contributed by atoms with van der Waals surface area (Å²) in [5.74, 6) is 0.226. The predicted molar refractivity (Wildman–Crippen MR) is 70.8 cm³/mol. The molecule has 0 radical (unpaired) electrons. The first kappa shape index (κ1) is 13.0. The monoisotopic (exact) mass is 258 g/mol. The second kappa shape index (κ2) is 5.44. The smallest absolute Gasteiger partial charge is 0.171 e. The molecule has 0 saturated carbocycles. The van der Waals surface area contributed by atoms with Crippen molar-refractivity contribution in [2.45, 2.75) is 6.42 Å². The maximum Gasteiger partial charge on any atom is 0.171 e. The van der Waals surface area contributed by atoms with Gasteiger partial charge in [0.15, 0.2) is 5.78 Å². The summed E-state index contributed by atoms with van der Waals surface area (Å²) in [6, 6.07) is 11.0. The zero-order valence-electron chi connectivity index (χ0n) is 10.5. The Hall–Kier alpha value is -2.49. The first-order valence-electron chi connectivity index (χ1n) is 5.78. The van der Waals surface area contributed by atoms with E-state index in [1.54, 1.807) is 31.4 Å². The van der Waals surface area contributed by atoms with Gasteiger partial charge >= 0.3 is 0 Å². The summed E-state index contributed by atoms with van der Waals surface area (Å²) in [4.78, 5) is 12.1. The number of ether oxygens (including phenoxy) is 1. The Bertz CT molecular complexity index is 605. The molecule has 2 aromatic rings. The number of carbonyl (C=O) groups is 1. The third-order valence-electron chi connectivity index (χ3n) is 2.78.